The molecule has 0 aliphatic carbocycles. The third kappa shape index (κ3) is 4.83. The number of rotatable bonds is 6. The fourth-order valence-electron chi connectivity index (χ4n) is 2.53. The first-order valence-corrected chi connectivity index (χ1v) is 8.80. The van der Waals surface area contributed by atoms with E-state index < -0.39 is 0 Å². The Labute approximate surface area is 158 Å². The minimum atomic E-state index is -0.189. The van der Waals surface area contributed by atoms with E-state index in [1.807, 2.05) is 67.6 Å². The lowest BCUT2D eigenvalue weighted by molar-refractivity contribution is 0.0935. The molecular weight excluding hydrogens is 346 g/mol. The molecule has 2 aromatic carbocycles. The van der Waals surface area contributed by atoms with Gasteiger partial charge in [-0.2, -0.15) is 0 Å². The standard InChI is InChI=1S/C21H20ClN3O/c1-15(17-5-3-2-4-6-17)25-21(26)20-12-11-19(14-24-20)23-13-16-7-9-18(22)10-8-16/h2-12,14-15,23H,13H2,1H3,(H,25,26). The highest BCUT2D eigenvalue weighted by atomic mass is 35.5. The van der Waals surface area contributed by atoms with E-state index in [0.29, 0.717) is 12.2 Å². The third-order valence-electron chi connectivity index (χ3n) is 4.05. The zero-order chi connectivity index (χ0) is 18.4. The predicted molar refractivity (Wildman–Crippen MR) is 105 cm³/mol. The molecule has 2 N–H and O–H groups in total. The topological polar surface area (TPSA) is 54.0 Å². The van der Waals surface area contributed by atoms with Crippen molar-refractivity contribution in [2.24, 2.45) is 0 Å². The van der Waals surface area contributed by atoms with E-state index in [2.05, 4.69) is 15.6 Å². The molecule has 0 bridgehead atoms. The van der Waals surface area contributed by atoms with E-state index in [1.165, 1.54) is 0 Å². The van der Waals surface area contributed by atoms with E-state index in [1.54, 1.807) is 12.3 Å². The summed E-state index contributed by atoms with van der Waals surface area (Å²) in [7, 11) is 0. The molecule has 1 aromatic heterocycles. The first-order valence-electron chi connectivity index (χ1n) is 8.42. The van der Waals surface area contributed by atoms with Gasteiger partial charge in [0.1, 0.15) is 5.69 Å². The van der Waals surface area contributed by atoms with E-state index in [-0.39, 0.29) is 11.9 Å². The highest BCUT2D eigenvalue weighted by Gasteiger charge is 2.12. The Morgan fingerprint density at radius 3 is 2.42 bits per heavy atom. The summed E-state index contributed by atoms with van der Waals surface area (Å²) < 4.78 is 0. The maximum Gasteiger partial charge on any atom is 0.270 e. The number of carbonyl (C=O) groups excluding carboxylic acids is 1. The zero-order valence-corrected chi connectivity index (χ0v) is 15.2. The van der Waals surface area contributed by atoms with Crippen LogP contribution in [0.25, 0.3) is 0 Å². The number of anilines is 1. The second-order valence-corrected chi connectivity index (χ2v) is 6.45. The molecule has 3 aromatic rings. The van der Waals surface area contributed by atoms with Crippen LogP contribution in [0.2, 0.25) is 5.02 Å². The largest absolute Gasteiger partial charge is 0.380 e. The van der Waals surface area contributed by atoms with Crippen molar-refractivity contribution < 1.29 is 4.79 Å². The Kier molecular flexibility index (Phi) is 5.87. The minimum absolute atomic E-state index is 0.0757. The Bertz CT molecular complexity index is 849. The minimum Gasteiger partial charge on any atom is -0.380 e. The Morgan fingerprint density at radius 1 is 1.04 bits per heavy atom. The molecule has 1 heterocycles. The number of amides is 1. The molecular formula is C21H20ClN3O. The highest BCUT2D eigenvalue weighted by molar-refractivity contribution is 6.30. The zero-order valence-electron chi connectivity index (χ0n) is 14.4. The van der Waals surface area contributed by atoms with Crippen LogP contribution in [0.15, 0.2) is 72.9 Å². The van der Waals surface area contributed by atoms with Crippen LogP contribution in [0, 0.1) is 0 Å². The van der Waals surface area contributed by atoms with Crippen molar-refractivity contribution in [1.82, 2.24) is 10.3 Å². The summed E-state index contributed by atoms with van der Waals surface area (Å²) in [6, 6.07) is 21.0. The smallest absolute Gasteiger partial charge is 0.270 e. The normalized spacial score (nSPS) is 11.6. The molecule has 132 valence electrons. The number of hydrogen-bond acceptors (Lipinski definition) is 3. The first kappa shape index (κ1) is 18.0. The number of pyridine rings is 1. The maximum absolute atomic E-state index is 12.3. The molecule has 1 atom stereocenters. The lowest BCUT2D eigenvalue weighted by Crippen LogP contribution is -2.27. The summed E-state index contributed by atoms with van der Waals surface area (Å²) in [5, 5.41) is 6.95. The molecule has 0 saturated heterocycles. The van der Waals surface area contributed by atoms with Gasteiger partial charge in [-0.1, -0.05) is 54.1 Å². The van der Waals surface area contributed by atoms with Crippen LogP contribution < -0.4 is 10.6 Å². The fourth-order valence-corrected chi connectivity index (χ4v) is 2.66. The van der Waals surface area contributed by atoms with Crippen LogP contribution in [-0.4, -0.2) is 10.9 Å². The van der Waals surface area contributed by atoms with Crippen LogP contribution in [0.4, 0.5) is 5.69 Å². The third-order valence-corrected chi connectivity index (χ3v) is 4.31. The summed E-state index contributed by atoms with van der Waals surface area (Å²) in [5.74, 6) is -0.189. The molecule has 5 heteroatoms. The Balaban J connectivity index is 1.56. The summed E-state index contributed by atoms with van der Waals surface area (Å²) in [4.78, 5) is 16.6. The van der Waals surface area contributed by atoms with Gasteiger partial charge < -0.3 is 10.6 Å². The van der Waals surface area contributed by atoms with Crippen molar-refractivity contribution in [2.45, 2.75) is 19.5 Å². The summed E-state index contributed by atoms with van der Waals surface area (Å²) in [6.45, 7) is 2.62. The van der Waals surface area contributed by atoms with Crippen LogP contribution in [0.3, 0.4) is 0 Å². The van der Waals surface area contributed by atoms with Gasteiger partial charge in [-0.15, -0.1) is 0 Å². The van der Waals surface area contributed by atoms with Crippen LogP contribution in [-0.2, 0) is 6.54 Å². The first-order chi connectivity index (χ1) is 12.6. The molecule has 1 unspecified atom stereocenters. The summed E-state index contributed by atoms with van der Waals surface area (Å²) >= 11 is 5.88. The molecule has 0 fully saturated rings. The maximum atomic E-state index is 12.3. The van der Waals surface area contributed by atoms with Crippen molar-refractivity contribution >= 4 is 23.2 Å². The Hall–Kier alpha value is -2.85. The van der Waals surface area contributed by atoms with Crippen molar-refractivity contribution in [3.05, 3.63) is 94.8 Å². The number of aromatic nitrogens is 1. The Morgan fingerprint density at radius 2 is 1.77 bits per heavy atom. The van der Waals surface area contributed by atoms with Gasteiger partial charge in [-0.3, -0.25) is 4.79 Å². The lowest BCUT2D eigenvalue weighted by Gasteiger charge is -2.14. The second kappa shape index (κ2) is 8.50. The van der Waals surface area contributed by atoms with Crippen molar-refractivity contribution in [3.8, 4) is 0 Å². The SMILES string of the molecule is CC(NC(=O)c1ccc(NCc2ccc(Cl)cc2)cn1)c1ccccc1. The van der Waals surface area contributed by atoms with Crippen molar-refractivity contribution in [2.75, 3.05) is 5.32 Å². The number of nitrogens with zero attached hydrogens (tertiary/aromatic N) is 1. The molecule has 0 saturated carbocycles. The van der Waals surface area contributed by atoms with Gasteiger partial charge in [0.05, 0.1) is 17.9 Å². The van der Waals surface area contributed by atoms with Crippen LogP contribution >= 0.6 is 11.6 Å². The van der Waals surface area contributed by atoms with Gasteiger partial charge in [0, 0.05) is 11.6 Å². The number of benzene rings is 2. The molecule has 26 heavy (non-hydrogen) atoms. The molecule has 4 nitrogen and oxygen atoms in total. The van der Waals surface area contributed by atoms with E-state index in [9.17, 15) is 4.79 Å². The van der Waals surface area contributed by atoms with Gasteiger partial charge in [0.25, 0.3) is 5.91 Å². The average Bonchev–Trinajstić information content (AvgIpc) is 2.68. The van der Waals surface area contributed by atoms with Gasteiger partial charge >= 0.3 is 0 Å². The van der Waals surface area contributed by atoms with Crippen LogP contribution in [0.1, 0.15) is 34.6 Å². The van der Waals surface area contributed by atoms with Gasteiger partial charge in [0.15, 0.2) is 0 Å². The van der Waals surface area contributed by atoms with Crippen molar-refractivity contribution in [3.63, 3.8) is 0 Å². The lowest BCUT2D eigenvalue weighted by atomic mass is 10.1. The number of carbonyl (C=O) groups is 1. The number of hydrogen-bond donors (Lipinski definition) is 2. The van der Waals surface area contributed by atoms with Crippen molar-refractivity contribution in [1.29, 1.82) is 0 Å². The van der Waals surface area contributed by atoms with E-state index >= 15 is 0 Å². The van der Waals surface area contributed by atoms with Gasteiger partial charge in [0.2, 0.25) is 0 Å². The van der Waals surface area contributed by atoms with Crippen LogP contribution in [0.5, 0.6) is 0 Å². The second-order valence-electron chi connectivity index (χ2n) is 6.02. The van der Waals surface area contributed by atoms with E-state index in [0.717, 1.165) is 21.8 Å². The molecule has 0 radical (unpaired) electrons. The molecule has 0 aliphatic heterocycles. The molecule has 3 rings (SSSR count). The molecule has 0 spiro atoms. The summed E-state index contributed by atoms with van der Waals surface area (Å²) in [6.07, 6.45) is 1.66. The van der Waals surface area contributed by atoms with Gasteiger partial charge in [-0.05, 0) is 42.3 Å². The molecule has 1 amide bonds. The quantitative estimate of drug-likeness (QED) is 0.657. The monoisotopic (exact) mass is 365 g/mol. The number of halogens is 1. The molecule has 0 aliphatic rings. The highest BCUT2D eigenvalue weighted by Crippen LogP contribution is 2.14. The van der Waals surface area contributed by atoms with Gasteiger partial charge in [-0.25, -0.2) is 4.98 Å². The number of nitrogens with one attached hydrogen (secondary N) is 2. The fraction of sp³-hybridized carbons (Fsp3) is 0.143. The average molecular weight is 366 g/mol. The van der Waals surface area contributed by atoms with E-state index in [4.69, 9.17) is 11.6 Å². The summed E-state index contributed by atoms with van der Waals surface area (Å²) in [5.41, 5.74) is 3.42. The predicted octanol–water partition coefficient (Wildman–Crippen LogP) is 4.84.